The molecule has 1 aliphatic heterocycles. The van der Waals surface area contributed by atoms with Crippen LogP contribution in [0.3, 0.4) is 0 Å². The summed E-state index contributed by atoms with van der Waals surface area (Å²) < 4.78 is 46.6. The van der Waals surface area contributed by atoms with Gasteiger partial charge in [-0.2, -0.15) is 8.42 Å². The smallest absolute Gasteiger partial charge is 0.284 e. The molecule has 158 valence electrons. The first-order chi connectivity index (χ1) is 13.1. The summed E-state index contributed by atoms with van der Waals surface area (Å²) in [5.41, 5.74) is -0.611. The van der Waals surface area contributed by atoms with Gasteiger partial charge in [0.25, 0.3) is 10.4 Å². The van der Waals surface area contributed by atoms with E-state index in [1.807, 2.05) is 0 Å². The van der Waals surface area contributed by atoms with Crippen molar-refractivity contribution in [2.24, 2.45) is 5.16 Å². The molecule has 1 heterocycles. The van der Waals surface area contributed by atoms with E-state index < -0.39 is 46.9 Å². The first-order valence-corrected chi connectivity index (χ1v) is 10.2. The van der Waals surface area contributed by atoms with Crippen LogP contribution in [0, 0.1) is 0 Å². The highest BCUT2D eigenvalue weighted by atomic mass is 32.3. The molecule has 11 nitrogen and oxygen atoms in total. The predicted octanol–water partition coefficient (Wildman–Crippen LogP) is -1.44. The maximum Gasteiger partial charge on any atom is 0.284 e. The molecule has 0 bridgehead atoms. The second-order valence-electron chi connectivity index (χ2n) is 5.81. The minimum atomic E-state index is -5.12. The first-order valence-electron chi connectivity index (χ1n) is 7.96. The Morgan fingerprint density at radius 1 is 1.29 bits per heavy atom. The second-order valence-corrected chi connectivity index (χ2v) is 7.95. The average Bonchev–Trinajstić information content (AvgIpc) is 2.66. The lowest BCUT2D eigenvalue weighted by Gasteiger charge is -2.39. The van der Waals surface area contributed by atoms with Crippen molar-refractivity contribution in [2.45, 2.75) is 36.3 Å². The third kappa shape index (κ3) is 6.28. The van der Waals surface area contributed by atoms with Gasteiger partial charge < -0.3 is 34.5 Å². The van der Waals surface area contributed by atoms with Gasteiger partial charge in [0, 0.05) is 6.42 Å². The van der Waals surface area contributed by atoms with Gasteiger partial charge in [-0.05, 0) is 17.7 Å². The number of thioether (sulfide) groups is 1. The molecule has 1 aliphatic rings. The summed E-state index contributed by atoms with van der Waals surface area (Å²) in [4.78, 5) is 0. The van der Waals surface area contributed by atoms with Crippen LogP contribution in [0.25, 0.3) is 0 Å². The van der Waals surface area contributed by atoms with E-state index >= 15 is 0 Å². The summed E-state index contributed by atoms with van der Waals surface area (Å²) in [7, 11) is -3.66. The van der Waals surface area contributed by atoms with Crippen molar-refractivity contribution in [1.82, 2.24) is 0 Å². The van der Waals surface area contributed by atoms with Gasteiger partial charge in [-0.3, -0.25) is 4.28 Å². The number of nitrogens with zero attached hydrogens (tertiary/aromatic N) is 1. The third-order valence-electron chi connectivity index (χ3n) is 3.82. The molecule has 28 heavy (non-hydrogen) atoms. The normalized spacial score (nSPS) is 28.8. The summed E-state index contributed by atoms with van der Waals surface area (Å²) in [5.74, 6) is 0.520. The molecule has 1 aromatic rings. The van der Waals surface area contributed by atoms with Gasteiger partial charge in [-0.25, -0.2) is 0 Å². The highest BCUT2D eigenvalue weighted by Crippen LogP contribution is 2.30. The molecule has 13 heteroatoms. The SMILES string of the molecule is COc1cccc(C/C(=N/OS(=O)(=O)[O-])S[C@@H]2O[C@H](CO)[C@@H](O)[C@H](O)[C@H]2O)c1. The Balaban J connectivity index is 2.23. The van der Waals surface area contributed by atoms with Crippen molar-refractivity contribution >= 4 is 27.2 Å². The minimum Gasteiger partial charge on any atom is -0.714 e. The highest BCUT2D eigenvalue weighted by molar-refractivity contribution is 8.14. The molecule has 2 rings (SSSR count). The van der Waals surface area contributed by atoms with Crippen LogP contribution < -0.4 is 4.74 Å². The van der Waals surface area contributed by atoms with Gasteiger partial charge in [0.05, 0.1) is 13.7 Å². The standard InChI is InChI=1S/C15H21NO10S2/c1-24-9-4-2-3-8(5-9)6-11(16-26-28(21,22)23)27-15-14(20)13(19)12(18)10(7-17)25-15/h2-5,10,12-15,17-20H,6-7H2,1H3,(H,21,22,23)/p-1/b16-11-/t10-,12-,13+,14-,15+/m1/s1. The number of aliphatic hydroxyl groups is 4. The van der Waals surface area contributed by atoms with Gasteiger partial charge in [0.2, 0.25) is 0 Å². The molecule has 4 N–H and O–H groups in total. The summed E-state index contributed by atoms with van der Waals surface area (Å²) in [5, 5.41) is 42.3. The highest BCUT2D eigenvalue weighted by Gasteiger charge is 2.44. The molecule has 0 radical (unpaired) electrons. The van der Waals surface area contributed by atoms with E-state index in [1.165, 1.54) is 7.11 Å². The van der Waals surface area contributed by atoms with Crippen LogP contribution in [0.5, 0.6) is 5.75 Å². The topological polar surface area (TPSA) is 178 Å². The Bertz CT molecular complexity index is 785. The Morgan fingerprint density at radius 2 is 2.00 bits per heavy atom. The minimum absolute atomic E-state index is 0.0214. The van der Waals surface area contributed by atoms with Gasteiger partial charge in [-0.1, -0.05) is 29.1 Å². The van der Waals surface area contributed by atoms with Crippen molar-refractivity contribution in [1.29, 1.82) is 0 Å². The van der Waals surface area contributed by atoms with Crippen LogP contribution in [0.1, 0.15) is 5.56 Å². The van der Waals surface area contributed by atoms with Crippen LogP contribution in [0.2, 0.25) is 0 Å². The van der Waals surface area contributed by atoms with E-state index in [0.29, 0.717) is 23.1 Å². The van der Waals surface area contributed by atoms with E-state index in [0.717, 1.165) is 0 Å². The zero-order valence-corrected chi connectivity index (χ0v) is 16.2. The Hall–Kier alpha value is -1.45. The zero-order valence-electron chi connectivity index (χ0n) is 14.6. The van der Waals surface area contributed by atoms with Gasteiger partial charge in [0.1, 0.15) is 40.6 Å². The molecule has 1 saturated heterocycles. The molecular formula is C15H20NO10S2-. The van der Waals surface area contributed by atoms with Crippen molar-refractivity contribution in [3.63, 3.8) is 0 Å². The predicted molar refractivity (Wildman–Crippen MR) is 96.3 cm³/mol. The van der Waals surface area contributed by atoms with Crippen LogP contribution in [0.15, 0.2) is 29.4 Å². The van der Waals surface area contributed by atoms with Crippen LogP contribution in [-0.4, -0.2) is 82.0 Å². The van der Waals surface area contributed by atoms with Crippen molar-refractivity contribution < 1.29 is 47.2 Å². The number of aliphatic hydroxyl groups excluding tert-OH is 4. The third-order valence-corrected chi connectivity index (χ3v) is 5.19. The van der Waals surface area contributed by atoms with E-state index in [1.54, 1.807) is 24.3 Å². The summed E-state index contributed by atoms with van der Waals surface area (Å²) in [6, 6.07) is 6.67. The van der Waals surface area contributed by atoms with E-state index in [9.17, 15) is 33.4 Å². The molecule has 0 spiro atoms. The quantitative estimate of drug-likeness (QED) is 0.129. The van der Waals surface area contributed by atoms with E-state index in [2.05, 4.69) is 9.44 Å². The Morgan fingerprint density at radius 3 is 2.61 bits per heavy atom. The van der Waals surface area contributed by atoms with Crippen molar-refractivity contribution in [3.8, 4) is 5.75 Å². The lowest BCUT2D eigenvalue weighted by molar-refractivity contribution is -0.205. The average molecular weight is 438 g/mol. The van der Waals surface area contributed by atoms with Gasteiger partial charge in [0.15, 0.2) is 0 Å². The maximum absolute atomic E-state index is 10.7. The number of rotatable bonds is 7. The molecule has 0 amide bonds. The Kier molecular flexibility index (Phi) is 8.03. The number of hydrogen-bond donors (Lipinski definition) is 4. The number of oxime groups is 1. The fourth-order valence-corrected chi connectivity index (χ4v) is 3.76. The molecule has 5 atom stereocenters. The largest absolute Gasteiger partial charge is 0.714 e. The monoisotopic (exact) mass is 438 g/mol. The zero-order chi connectivity index (χ0) is 20.9. The Labute approximate surface area is 165 Å². The first kappa shape index (κ1) is 22.8. The van der Waals surface area contributed by atoms with Crippen LogP contribution >= 0.6 is 11.8 Å². The number of methoxy groups -OCH3 is 1. The van der Waals surface area contributed by atoms with Crippen molar-refractivity contribution in [3.05, 3.63) is 29.8 Å². The molecule has 0 saturated carbocycles. The second kappa shape index (κ2) is 9.84. The lowest BCUT2D eigenvalue weighted by Crippen LogP contribution is -2.57. The molecule has 1 aromatic carbocycles. The van der Waals surface area contributed by atoms with E-state index in [-0.39, 0.29) is 11.5 Å². The van der Waals surface area contributed by atoms with Gasteiger partial charge in [-0.15, -0.1) is 0 Å². The summed E-state index contributed by atoms with van der Waals surface area (Å²) >= 11 is 0.674. The van der Waals surface area contributed by atoms with Gasteiger partial charge >= 0.3 is 0 Å². The van der Waals surface area contributed by atoms with Crippen LogP contribution in [-0.2, 0) is 25.8 Å². The molecule has 0 aromatic heterocycles. The van der Waals surface area contributed by atoms with Crippen LogP contribution in [0.4, 0.5) is 0 Å². The summed E-state index contributed by atoms with van der Waals surface area (Å²) in [6.45, 7) is -0.629. The molecule has 1 fully saturated rings. The van der Waals surface area contributed by atoms with Crippen molar-refractivity contribution in [2.75, 3.05) is 13.7 Å². The summed E-state index contributed by atoms with van der Waals surface area (Å²) in [6.07, 6.45) is -5.92. The molecule has 0 aliphatic carbocycles. The molecular weight excluding hydrogens is 418 g/mol. The molecule has 0 unspecified atom stereocenters. The fraction of sp³-hybridized carbons (Fsp3) is 0.533. The number of ether oxygens (including phenoxy) is 2. The number of benzene rings is 1. The fourth-order valence-electron chi connectivity index (χ4n) is 2.44. The van der Waals surface area contributed by atoms with E-state index in [4.69, 9.17) is 9.47 Å². The number of hydrogen-bond acceptors (Lipinski definition) is 12. The lowest BCUT2D eigenvalue weighted by atomic mass is 10.0. The maximum atomic E-state index is 10.7.